The van der Waals surface area contributed by atoms with Gasteiger partial charge in [0.1, 0.15) is 12.6 Å². The molecule has 0 aliphatic carbocycles. The van der Waals surface area contributed by atoms with Gasteiger partial charge in [0, 0.05) is 14.2 Å². The van der Waals surface area contributed by atoms with Crippen LogP contribution in [0.3, 0.4) is 0 Å². The van der Waals surface area contributed by atoms with E-state index in [0.29, 0.717) is 0 Å². The van der Waals surface area contributed by atoms with E-state index in [1.807, 2.05) is 0 Å². The number of ether oxygens (including phenoxy) is 1. The summed E-state index contributed by atoms with van der Waals surface area (Å²) in [6.07, 6.45) is 1.19. The normalized spacial score (nSPS) is 12.5. The zero-order valence-corrected chi connectivity index (χ0v) is 12.8. The molecule has 1 atom stereocenters. The SMILES string of the molecule is COCC(=O)Cn1c(=O)c2c(ncn2[C@@H](C)C(=O)O)n(C)c1=O. The minimum absolute atomic E-state index is 0.0489. The molecule has 0 unspecified atom stereocenters. The van der Waals surface area contributed by atoms with Crippen molar-refractivity contribution in [2.45, 2.75) is 19.5 Å². The number of aryl methyl sites for hydroxylation is 1. The van der Waals surface area contributed by atoms with E-state index in [-0.39, 0.29) is 17.8 Å². The summed E-state index contributed by atoms with van der Waals surface area (Å²) >= 11 is 0. The van der Waals surface area contributed by atoms with E-state index in [1.165, 1.54) is 27.4 Å². The van der Waals surface area contributed by atoms with Gasteiger partial charge in [0.05, 0.1) is 12.9 Å². The van der Waals surface area contributed by atoms with Gasteiger partial charge in [-0.2, -0.15) is 0 Å². The zero-order chi connectivity index (χ0) is 17.3. The number of hydrogen-bond donors (Lipinski definition) is 1. The van der Waals surface area contributed by atoms with Crippen LogP contribution in [0.2, 0.25) is 0 Å². The van der Waals surface area contributed by atoms with Gasteiger partial charge in [-0.15, -0.1) is 0 Å². The Labute approximate surface area is 129 Å². The van der Waals surface area contributed by atoms with Crippen LogP contribution in [0.25, 0.3) is 11.2 Å². The van der Waals surface area contributed by atoms with Crippen LogP contribution in [-0.2, 0) is 27.9 Å². The number of ketones is 1. The predicted octanol–water partition coefficient (Wildman–Crippen LogP) is -1.24. The van der Waals surface area contributed by atoms with Crippen molar-refractivity contribution in [1.29, 1.82) is 0 Å². The van der Waals surface area contributed by atoms with Crippen LogP contribution in [0, 0.1) is 0 Å². The summed E-state index contributed by atoms with van der Waals surface area (Å²) in [5.74, 6) is -1.61. The number of carboxylic acids is 1. The van der Waals surface area contributed by atoms with E-state index < -0.39 is 35.6 Å². The van der Waals surface area contributed by atoms with Crippen molar-refractivity contribution in [1.82, 2.24) is 18.7 Å². The number of rotatable bonds is 6. The first-order valence-electron chi connectivity index (χ1n) is 6.69. The summed E-state index contributed by atoms with van der Waals surface area (Å²) in [6.45, 7) is 0.689. The Morgan fingerprint density at radius 1 is 1.39 bits per heavy atom. The first-order valence-corrected chi connectivity index (χ1v) is 6.69. The summed E-state index contributed by atoms with van der Waals surface area (Å²) in [6, 6.07) is -1.05. The predicted molar refractivity (Wildman–Crippen MR) is 78.5 cm³/mol. The fraction of sp³-hybridized carbons (Fsp3) is 0.462. The number of Topliss-reactive ketones (excluding diaryl/α,β-unsaturated/α-hetero) is 1. The van der Waals surface area contributed by atoms with Crippen molar-refractivity contribution in [3.8, 4) is 0 Å². The second kappa shape index (κ2) is 6.16. The maximum atomic E-state index is 12.6. The fourth-order valence-corrected chi connectivity index (χ4v) is 2.22. The molecule has 0 spiro atoms. The van der Waals surface area contributed by atoms with E-state index in [1.54, 1.807) is 0 Å². The lowest BCUT2D eigenvalue weighted by molar-refractivity contribution is -0.140. The highest BCUT2D eigenvalue weighted by atomic mass is 16.5. The highest BCUT2D eigenvalue weighted by molar-refractivity contribution is 5.80. The molecule has 0 bridgehead atoms. The summed E-state index contributed by atoms with van der Waals surface area (Å²) in [4.78, 5) is 51.6. The number of carboxylic acid groups (broad SMARTS) is 1. The van der Waals surface area contributed by atoms with E-state index in [2.05, 4.69) is 9.72 Å². The van der Waals surface area contributed by atoms with Gasteiger partial charge in [-0.25, -0.2) is 14.6 Å². The van der Waals surface area contributed by atoms with Crippen molar-refractivity contribution in [2.75, 3.05) is 13.7 Å². The number of imidazole rings is 1. The lowest BCUT2D eigenvalue weighted by Gasteiger charge is -2.11. The molecule has 2 aromatic heterocycles. The Bertz CT molecular complexity index is 890. The zero-order valence-electron chi connectivity index (χ0n) is 12.8. The van der Waals surface area contributed by atoms with E-state index >= 15 is 0 Å². The molecule has 0 amide bonds. The first kappa shape index (κ1) is 16.6. The molecule has 0 radical (unpaired) electrons. The van der Waals surface area contributed by atoms with Crippen molar-refractivity contribution >= 4 is 22.9 Å². The Hall–Kier alpha value is -2.75. The monoisotopic (exact) mass is 324 g/mol. The lowest BCUT2D eigenvalue weighted by atomic mass is 10.3. The molecule has 2 aromatic rings. The van der Waals surface area contributed by atoms with Gasteiger partial charge in [0.15, 0.2) is 16.9 Å². The van der Waals surface area contributed by atoms with E-state index in [0.717, 1.165) is 13.7 Å². The third kappa shape index (κ3) is 2.80. The smallest absolute Gasteiger partial charge is 0.332 e. The molecule has 10 heteroatoms. The Morgan fingerprint density at radius 2 is 2.04 bits per heavy atom. The first-order chi connectivity index (χ1) is 10.8. The van der Waals surface area contributed by atoms with Gasteiger partial charge >= 0.3 is 11.7 Å². The maximum absolute atomic E-state index is 12.6. The van der Waals surface area contributed by atoms with Crippen LogP contribution < -0.4 is 11.2 Å². The van der Waals surface area contributed by atoms with Gasteiger partial charge in [-0.05, 0) is 6.92 Å². The van der Waals surface area contributed by atoms with Crippen LogP contribution in [0.15, 0.2) is 15.9 Å². The van der Waals surface area contributed by atoms with Crippen LogP contribution in [0.1, 0.15) is 13.0 Å². The Balaban J connectivity index is 2.73. The van der Waals surface area contributed by atoms with Crippen LogP contribution >= 0.6 is 0 Å². The van der Waals surface area contributed by atoms with Gasteiger partial charge < -0.3 is 14.4 Å². The van der Waals surface area contributed by atoms with Gasteiger partial charge in [0.25, 0.3) is 5.56 Å². The van der Waals surface area contributed by atoms with Crippen LogP contribution in [0.4, 0.5) is 0 Å². The molecule has 0 saturated carbocycles. The lowest BCUT2D eigenvalue weighted by Crippen LogP contribution is -2.42. The molecule has 10 nitrogen and oxygen atoms in total. The van der Waals surface area contributed by atoms with Gasteiger partial charge in [0.2, 0.25) is 0 Å². The summed E-state index contributed by atoms with van der Waals surface area (Å²) in [5.41, 5.74) is -1.46. The quantitative estimate of drug-likeness (QED) is 0.704. The number of hydrogen-bond acceptors (Lipinski definition) is 6. The second-order valence-electron chi connectivity index (χ2n) is 5.04. The van der Waals surface area contributed by atoms with Crippen LogP contribution in [0.5, 0.6) is 0 Å². The number of aromatic nitrogens is 4. The average molecular weight is 324 g/mol. The highest BCUT2D eigenvalue weighted by Crippen LogP contribution is 2.13. The molecule has 2 rings (SSSR count). The number of carbonyl (C=O) groups is 2. The summed E-state index contributed by atoms with van der Waals surface area (Å²) < 4.78 is 7.69. The van der Waals surface area contributed by atoms with E-state index in [4.69, 9.17) is 5.11 Å². The molecule has 0 fully saturated rings. The maximum Gasteiger partial charge on any atom is 0.332 e. The molecule has 0 aliphatic heterocycles. The molecule has 1 N–H and O–H groups in total. The molecule has 23 heavy (non-hydrogen) atoms. The fourth-order valence-electron chi connectivity index (χ4n) is 2.22. The minimum Gasteiger partial charge on any atom is -0.480 e. The van der Waals surface area contributed by atoms with Crippen molar-refractivity contribution < 1.29 is 19.4 Å². The average Bonchev–Trinajstić information content (AvgIpc) is 2.93. The van der Waals surface area contributed by atoms with Crippen molar-refractivity contribution in [3.63, 3.8) is 0 Å². The number of nitrogens with zero attached hydrogens (tertiary/aromatic N) is 4. The largest absolute Gasteiger partial charge is 0.480 e. The highest BCUT2D eigenvalue weighted by Gasteiger charge is 2.22. The van der Waals surface area contributed by atoms with Crippen molar-refractivity contribution in [2.24, 2.45) is 7.05 Å². The van der Waals surface area contributed by atoms with Crippen molar-refractivity contribution in [3.05, 3.63) is 27.2 Å². The van der Waals surface area contributed by atoms with Gasteiger partial charge in [-0.1, -0.05) is 0 Å². The summed E-state index contributed by atoms with van der Waals surface area (Å²) in [7, 11) is 2.72. The third-order valence-electron chi connectivity index (χ3n) is 3.47. The second-order valence-corrected chi connectivity index (χ2v) is 5.04. The molecular weight excluding hydrogens is 308 g/mol. The minimum atomic E-state index is -1.15. The molecule has 0 saturated heterocycles. The Kier molecular flexibility index (Phi) is 4.45. The van der Waals surface area contributed by atoms with Crippen LogP contribution in [-0.4, -0.2) is 49.3 Å². The molecule has 2 heterocycles. The van der Waals surface area contributed by atoms with E-state index in [9.17, 15) is 19.2 Å². The molecule has 124 valence electrons. The topological polar surface area (TPSA) is 125 Å². The Morgan fingerprint density at radius 3 is 2.61 bits per heavy atom. The van der Waals surface area contributed by atoms with Gasteiger partial charge in [-0.3, -0.25) is 18.7 Å². The standard InChI is InChI=1S/C13H16N4O6/c1-7(12(20)21)17-6-14-10-9(17)11(19)16(13(22)15(10)2)4-8(18)5-23-3/h6-7H,4-5H2,1-3H3,(H,20,21)/t7-/m0/s1. The summed E-state index contributed by atoms with van der Waals surface area (Å²) in [5, 5.41) is 9.12. The number of aliphatic carboxylic acids is 1. The molecule has 0 aromatic carbocycles. The molecular formula is C13H16N4O6. The molecule has 0 aliphatic rings. The number of fused-ring (bicyclic) bond motifs is 1. The third-order valence-corrected chi connectivity index (χ3v) is 3.47. The number of methoxy groups -OCH3 is 1. The number of carbonyl (C=O) groups excluding carboxylic acids is 1.